The highest BCUT2D eigenvalue weighted by atomic mass is 32.2. The van der Waals surface area contributed by atoms with Crippen molar-refractivity contribution in [2.45, 2.75) is 0 Å². The first-order valence-corrected chi connectivity index (χ1v) is 9.29. The Morgan fingerprint density at radius 2 is 1.64 bits per heavy atom. The normalized spacial score (nSPS) is 14.9. The van der Waals surface area contributed by atoms with Crippen LogP contribution in [0.5, 0.6) is 5.75 Å². The van der Waals surface area contributed by atoms with Crippen LogP contribution in [0, 0.1) is 0 Å². The Hall–Kier alpha value is -3.33. The number of nitrogens with zero attached hydrogens (tertiary/aromatic N) is 2. The highest BCUT2D eigenvalue weighted by Crippen LogP contribution is 2.17. The first-order valence-electron chi connectivity index (χ1n) is 8.31. The van der Waals surface area contributed by atoms with Crippen LogP contribution >= 0.6 is 11.8 Å². The van der Waals surface area contributed by atoms with Gasteiger partial charge in [-0.15, -0.1) is 5.10 Å². The zero-order chi connectivity index (χ0) is 20.1. The average Bonchev–Trinajstić information content (AvgIpc) is 3.04. The summed E-state index contributed by atoms with van der Waals surface area (Å²) < 4.78 is 5.07. The Kier molecular flexibility index (Phi) is 5.95. The van der Waals surface area contributed by atoms with E-state index in [1.54, 1.807) is 62.7 Å². The predicted octanol–water partition coefficient (Wildman–Crippen LogP) is 2.15. The molecule has 0 bridgehead atoms. The van der Waals surface area contributed by atoms with Crippen LogP contribution in [0.15, 0.2) is 53.6 Å². The largest absolute Gasteiger partial charge is 0.497 e. The van der Waals surface area contributed by atoms with Gasteiger partial charge in [0.2, 0.25) is 5.91 Å². The van der Waals surface area contributed by atoms with E-state index >= 15 is 0 Å². The van der Waals surface area contributed by atoms with Gasteiger partial charge < -0.3 is 10.1 Å². The van der Waals surface area contributed by atoms with Crippen LogP contribution in [-0.4, -0.2) is 47.7 Å². The Labute approximate surface area is 165 Å². The van der Waals surface area contributed by atoms with Crippen molar-refractivity contribution in [3.05, 3.63) is 59.7 Å². The van der Waals surface area contributed by atoms with E-state index in [0.717, 1.165) is 0 Å². The first-order chi connectivity index (χ1) is 13.5. The Bertz CT molecular complexity index is 926. The maximum Gasteiger partial charge on any atom is 0.271 e. The molecule has 3 amide bonds. The third-order valence-corrected chi connectivity index (χ3v) is 5.01. The summed E-state index contributed by atoms with van der Waals surface area (Å²) in [5.74, 6) is 0.247. The number of amidine groups is 1. The molecule has 0 aromatic heterocycles. The molecule has 2 N–H and O–H groups in total. The molecule has 1 fully saturated rings. The molecule has 9 heteroatoms. The van der Waals surface area contributed by atoms with Crippen LogP contribution in [0.4, 0.5) is 5.69 Å². The number of methoxy groups -OCH3 is 1. The SMILES string of the molecule is COc1ccc(C(=O)Nc2ccc(C(=O)N/N=C3/SCC(=O)N3C)cc2)cc1. The maximum absolute atomic E-state index is 12.3. The van der Waals surface area contributed by atoms with Crippen molar-refractivity contribution in [3.63, 3.8) is 0 Å². The van der Waals surface area contributed by atoms with Gasteiger partial charge in [0.25, 0.3) is 11.8 Å². The molecule has 144 valence electrons. The summed E-state index contributed by atoms with van der Waals surface area (Å²) in [4.78, 5) is 37.3. The van der Waals surface area contributed by atoms with Gasteiger partial charge in [0.1, 0.15) is 5.75 Å². The Morgan fingerprint density at radius 1 is 1.04 bits per heavy atom. The molecule has 1 aliphatic heterocycles. The summed E-state index contributed by atoms with van der Waals surface area (Å²) in [5.41, 5.74) is 3.85. The van der Waals surface area contributed by atoms with Gasteiger partial charge >= 0.3 is 0 Å². The fourth-order valence-corrected chi connectivity index (χ4v) is 3.20. The van der Waals surface area contributed by atoms with Gasteiger partial charge in [-0.05, 0) is 48.5 Å². The third-order valence-electron chi connectivity index (χ3n) is 4.00. The highest BCUT2D eigenvalue weighted by molar-refractivity contribution is 8.15. The number of carbonyl (C=O) groups excluding carboxylic acids is 3. The van der Waals surface area contributed by atoms with Gasteiger partial charge in [-0.1, -0.05) is 11.8 Å². The van der Waals surface area contributed by atoms with Crippen LogP contribution in [0.25, 0.3) is 0 Å². The van der Waals surface area contributed by atoms with Crippen molar-refractivity contribution in [2.24, 2.45) is 5.10 Å². The van der Waals surface area contributed by atoms with E-state index in [-0.39, 0.29) is 11.8 Å². The minimum Gasteiger partial charge on any atom is -0.497 e. The van der Waals surface area contributed by atoms with Crippen molar-refractivity contribution >= 4 is 40.3 Å². The summed E-state index contributed by atoms with van der Waals surface area (Å²) in [6, 6.07) is 13.2. The van der Waals surface area contributed by atoms with Crippen LogP contribution in [0.3, 0.4) is 0 Å². The monoisotopic (exact) mass is 398 g/mol. The number of rotatable bonds is 5. The number of nitrogens with one attached hydrogen (secondary N) is 2. The van der Waals surface area contributed by atoms with Crippen molar-refractivity contribution in [3.8, 4) is 5.75 Å². The molecule has 2 aromatic carbocycles. The lowest BCUT2D eigenvalue weighted by atomic mass is 10.1. The van der Waals surface area contributed by atoms with E-state index in [2.05, 4.69) is 15.8 Å². The first kappa shape index (κ1) is 19.4. The van der Waals surface area contributed by atoms with E-state index in [4.69, 9.17) is 4.74 Å². The molecule has 1 saturated heterocycles. The zero-order valence-corrected chi connectivity index (χ0v) is 16.1. The van der Waals surface area contributed by atoms with Gasteiger partial charge in [-0.3, -0.25) is 19.3 Å². The molecule has 0 aliphatic carbocycles. The predicted molar refractivity (Wildman–Crippen MR) is 108 cm³/mol. The van der Waals surface area contributed by atoms with Crippen molar-refractivity contribution in [1.29, 1.82) is 0 Å². The molecule has 2 aromatic rings. The quantitative estimate of drug-likeness (QED) is 0.752. The minimum absolute atomic E-state index is 0.0602. The Morgan fingerprint density at radius 3 is 2.21 bits per heavy atom. The molecular formula is C19H18N4O4S. The lowest BCUT2D eigenvalue weighted by Gasteiger charge is -2.09. The molecular weight excluding hydrogens is 380 g/mol. The number of thioether (sulfide) groups is 1. The molecule has 8 nitrogen and oxygen atoms in total. The van der Waals surface area contributed by atoms with Crippen LogP contribution in [-0.2, 0) is 4.79 Å². The second-order valence-corrected chi connectivity index (χ2v) is 6.78. The third kappa shape index (κ3) is 4.49. The summed E-state index contributed by atoms with van der Waals surface area (Å²) in [6.45, 7) is 0. The molecule has 3 rings (SSSR count). The van der Waals surface area contributed by atoms with Crippen LogP contribution < -0.4 is 15.5 Å². The summed E-state index contributed by atoms with van der Waals surface area (Å²) in [5, 5.41) is 7.17. The number of amides is 3. The highest BCUT2D eigenvalue weighted by Gasteiger charge is 2.24. The van der Waals surface area contributed by atoms with Crippen molar-refractivity contribution in [2.75, 3.05) is 25.2 Å². The molecule has 0 spiro atoms. The molecule has 0 radical (unpaired) electrons. The molecule has 0 saturated carbocycles. The lowest BCUT2D eigenvalue weighted by molar-refractivity contribution is -0.123. The lowest BCUT2D eigenvalue weighted by Crippen LogP contribution is -2.27. The van der Waals surface area contributed by atoms with Gasteiger partial charge in [0, 0.05) is 23.9 Å². The number of anilines is 1. The number of carbonyl (C=O) groups is 3. The number of hydrogen-bond donors (Lipinski definition) is 2. The number of benzene rings is 2. The Balaban J connectivity index is 1.59. The standard InChI is InChI=1S/C19H18N4O4S/c1-23-16(24)11-28-19(23)22-21-18(26)13-3-7-14(8-4-13)20-17(25)12-5-9-15(27-2)10-6-12/h3-10H,11H2,1-2H3,(H,20,25)(H,21,26)/b22-19+. The smallest absolute Gasteiger partial charge is 0.271 e. The molecule has 28 heavy (non-hydrogen) atoms. The second-order valence-electron chi connectivity index (χ2n) is 5.84. The topological polar surface area (TPSA) is 100 Å². The van der Waals surface area contributed by atoms with E-state index in [0.29, 0.717) is 33.5 Å². The van der Waals surface area contributed by atoms with Crippen molar-refractivity contribution < 1.29 is 19.1 Å². The molecule has 1 aliphatic rings. The molecule has 1 heterocycles. The number of hydrazone groups is 1. The minimum atomic E-state index is -0.408. The summed E-state index contributed by atoms with van der Waals surface area (Å²) in [7, 11) is 3.16. The van der Waals surface area contributed by atoms with Gasteiger partial charge in [0.15, 0.2) is 5.17 Å². The van der Waals surface area contributed by atoms with Gasteiger partial charge in [-0.2, -0.15) is 0 Å². The van der Waals surface area contributed by atoms with E-state index in [1.165, 1.54) is 16.7 Å². The number of hydrogen-bond acceptors (Lipinski definition) is 6. The van der Waals surface area contributed by atoms with E-state index < -0.39 is 5.91 Å². The summed E-state index contributed by atoms with van der Waals surface area (Å²) >= 11 is 1.26. The fourth-order valence-electron chi connectivity index (χ4n) is 2.35. The summed E-state index contributed by atoms with van der Waals surface area (Å²) in [6.07, 6.45) is 0. The van der Waals surface area contributed by atoms with Gasteiger partial charge in [0.05, 0.1) is 12.9 Å². The zero-order valence-electron chi connectivity index (χ0n) is 15.3. The van der Waals surface area contributed by atoms with E-state index in [1.807, 2.05) is 0 Å². The maximum atomic E-state index is 12.3. The second kappa shape index (κ2) is 8.57. The van der Waals surface area contributed by atoms with Crippen LogP contribution in [0.1, 0.15) is 20.7 Å². The fraction of sp³-hybridized carbons (Fsp3) is 0.158. The van der Waals surface area contributed by atoms with Gasteiger partial charge in [-0.25, -0.2) is 5.43 Å². The average molecular weight is 398 g/mol. The van der Waals surface area contributed by atoms with Crippen LogP contribution in [0.2, 0.25) is 0 Å². The molecule has 0 unspecified atom stereocenters. The van der Waals surface area contributed by atoms with E-state index in [9.17, 15) is 14.4 Å². The van der Waals surface area contributed by atoms with Crippen molar-refractivity contribution in [1.82, 2.24) is 10.3 Å². The molecule has 0 atom stereocenters. The number of ether oxygens (including phenoxy) is 1.